The van der Waals surface area contributed by atoms with E-state index in [-0.39, 0.29) is 15.9 Å². The predicted octanol–water partition coefficient (Wildman–Crippen LogP) is 2.30. The third-order valence-electron chi connectivity index (χ3n) is 3.25. The number of halogens is 1. The minimum absolute atomic E-state index is 0.105. The van der Waals surface area contributed by atoms with Crippen LogP contribution < -0.4 is 14.8 Å². The summed E-state index contributed by atoms with van der Waals surface area (Å²) in [6.45, 7) is 1.47. The van der Waals surface area contributed by atoms with Crippen molar-refractivity contribution in [2.24, 2.45) is 0 Å². The maximum atomic E-state index is 12.5. The van der Waals surface area contributed by atoms with Crippen LogP contribution in [0.2, 0.25) is 0 Å². The van der Waals surface area contributed by atoms with Gasteiger partial charge in [-0.2, -0.15) is 0 Å². The van der Waals surface area contributed by atoms with Crippen molar-refractivity contribution >= 4 is 37.4 Å². The molecule has 0 radical (unpaired) electrons. The van der Waals surface area contributed by atoms with Crippen molar-refractivity contribution in [3.63, 3.8) is 0 Å². The zero-order chi connectivity index (χ0) is 18.6. The standard InChI is InChI=1S/C15H16BrN3O5S/c1-4-25(21,22)15-17-8-10(16)13(19-15)14(20)18-11-7-9(23-2)5-6-12(11)24-3/h5-8H,4H2,1-3H3,(H,18,20). The first-order chi connectivity index (χ1) is 11.8. The fourth-order valence-corrected chi connectivity index (χ4v) is 2.96. The third kappa shape index (κ3) is 4.26. The maximum absolute atomic E-state index is 12.5. The zero-order valence-corrected chi connectivity index (χ0v) is 16.1. The van der Waals surface area contributed by atoms with Crippen molar-refractivity contribution in [2.75, 3.05) is 25.3 Å². The molecular formula is C15H16BrN3O5S. The fourth-order valence-electron chi connectivity index (χ4n) is 1.88. The summed E-state index contributed by atoms with van der Waals surface area (Å²) < 4.78 is 34.4. The molecule has 134 valence electrons. The van der Waals surface area contributed by atoms with Crippen LogP contribution in [0, 0.1) is 0 Å². The quantitative estimate of drug-likeness (QED) is 0.701. The smallest absolute Gasteiger partial charge is 0.275 e. The van der Waals surface area contributed by atoms with E-state index in [9.17, 15) is 13.2 Å². The Balaban J connectivity index is 2.41. The van der Waals surface area contributed by atoms with E-state index in [1.165, 1.54) is 27.3 Å². The number of rotatable bonds is 6. The molecule has 1 heterocycles. The minimum Gasteiger partial charge on any atom is -0.497 e. The second-order valence-electron chi connectivity index (χ2n) is 4.77. The average Bonchev–Trinajstić information content (AvgIpc) is 2.61. The Morgan fingerprint density at radius 3 is 2.60 bits per heavy atom. The number of anilines is 1. The number of ether oxygens (including phenoxy) is 2. The Morgan fingerprint density at radius 1 is 1.28 bits per heavy atom. The summed E-state index contributed by atoms with van der Waals surface area (Å²) in [4.78, 5) is 20.2. The summed E-state index contributed by atoms with van der Waals surface area (Å²) in [5.74, 6) is 0.153. The maximum Gasteiger partial charge on any atom is 0.275 e. The number of nitrogens with zero attached hydrogens (tertiary/aromatic N) is 2. The van der Waals surface area contributed by atoms with Gasteiger partial charge >= 0.3 is 0 Å². The van der Waals surface area contributed by atoms with Crippen molar-refractivity contribution in [2.45, 2.75) is 12.1 Å². The third-order valence-corrected chi connectivity index (χ3v) is 5.34. The number of carbonyl (C=O) groups is 1. The number of carbonyl (C=O) groups excluding carboxylic acids is 1. The van der Waals surface area contributed by atoms with Gasteiger partial charge < -0.3 is 14.8 Å². The van der Waals surface area contributed by atoms with Gasteiger partial charge in [0, 0.05) is 12.3 Å². The van der Waals surface area contributed by atoms with Gasteiger partial charge in [-0.05, 0) is 28.1 Å². The van der Waals surface area contributed by atoms with Crippen LogP contribution >= 0.6 is 15.9 Å². The molecule has 0 aliphatic carbocycles. The van der Waals surface area contributed by atoms with Crippen LogP contribution in [-0.2, 0) is 9.84 Å². The highest BCUT2D eigenvalue weighted by Gasteiger charge is 2.21. The van der Waals surface area contributed by atoms with Crippen molar-refractivity contribution < 1.29 is 22.7 Å². The molecule has 0 fully saturated rings. The van der Waals surface area contributed by atoms with Crippen molar-refractivity contribution in [1.29, 1.82) is 0 Å². The molecule has 0 unspecified atom stereocenters. The van der Waals surface area contributed by atoms with E-state index in [0.29, 0.717) is 17.2 Å². The van der Waals surface area contributed by atoms with E-state index < -0.39 is 20.9 Å². The molecule has 1 aromatic carbocycles. The van der Waals surface area contributed by atoms with Crippen molar-refractivity contribution in [3.8, 4) is 11.5 Å². The fraction of sp³-hybridized carbons (Fsp3) is 0.267. The molecule has 25 heavy (non-hydrogen) atoms. The predicted molar refractivity (Wildman–Crippen MR) is 95.0 cm³/mol. The molecule has 2 aromatic rings. The molecule has 0 bridgehead atoms. The van der Waals surface area contributed by atoms with Gasteiger partial charge in [-0.15, -0.1) is 0 Å². The SMILES string of the molecule is CCS(=O)(=O)c1ncc(Br)c(C(=O)Nc2cc(OC)ccc2OC)n1. The number of aromatic nitrogens is 2. The lowest BCUT2D eigenvalue weighted by atomic mass is 10.2. The van der Waals surface area contributed by atoms with Gasteiger partial charge in [0.2, 0.25) is 15.0 Å². The Morgan fingerprint density at radius 2 is 2.00 bits per heavy atom. The summed E-state index contributed by atoms with van der Waals surface area (Å²) in [6.07, 6.45) is 1.23. The van der Waals surface area contributed by atoms with Crippen LogP contribution in [-0.4, -0.2) is 44.3 Å². The monoisotopic (exact) mass is 429 g/mol. The van der Waals surface area contributed by atoms with Gasteiger partial charge in [-0.25, -0.2) is 18.4 Å². The van der Waals surface area contributed by atoms with E-state index in [0.717, 1.165) is 0 Å². The molecule has 0 saturated carbocycles. The van der Waals surface area contributed by atoms with Crippen molar-refractivity contribution in [1.82, 2.24) is 9.97 Å². The molecule has 0 aliphatic rings. The summed E-state index contributed by atoms with van der Waals surface area (Å²) in [7, 11) is -0.676. The summed E-state index contributed by atoms with van der Waals surface area (Å²) >= 11 is 3.16. The lowest BCUT2D eigenvalue weighted by Crippen LogP contribution is -2.18. The molecule has 0 aliphatic heterocycles. The Hall–Kier alpha value is -2.20. The molecule has 1 amide bonds. The Kier molecular flexibility index (Phi) is 5.96. The molecule has 0 saturated heterocycles. The van der Waals surface area contributed by atoms with E-state index in [1.54, 1.807) is 18.2 Å². The number of sulfone groups is 1. The first-order valence-corrected chi connectivity index (χ1v) is 9.55. The van der Waals surface area contributed by atoms with Crippen LogP contribution in [0.3, 0.4) is 0 Å². The van der Waals surface area contributed by atoms with E-state index >= 15 is 0 Å². The van der Waals surface area contributed by atoms with Crippen molar-refractivity contribution in [3.05, 3.63) is 34.6 Å². The second-order valence-corrected chi connectivity index (χ2v) is 7.80. The highest BCUT2D eigenvalue weighted by molar-refractivity contribution is 9.10. The van der Waals surface area contributed by atoms with E-state index in [1.807, 2.05) is 0 Å². The summed E-state index contributed by atoms with van der Waals surface area (Å²) in [6, 6.07) is 4.90. The highest BCUT2D eigenvalue weighted by atomic mass is 79.9. The molecule has 1 N–H and O–H groups in total. The number of amides is 1. The first-order valence-electron chi connectivity index (χ1n) is 7.11. The number of hydrogen-bond acceptors (Lipinski definition) is 7. The molecule has 0 atom stereocenters. The number of hydrogen-bond donors (Lipinski definition) is 1. The lowest BCUT2D eigenvalue weighted by molar-refractivity contribution is 0.102. The molecule has 2 rings (SSSR count). The van der Waals surface area contributed by atoms with Gasteiger partial charge in [-0.1, -0.05) is 6.92 Å². The van der Waals surface area contributed by atoms with Gasteiger partial charge in [-0.3, -0.25) is 4.79 Å². The number of methoxy groups -OCH3 is 2. The average molecular weight is 430 g/mol. The zero-order valence-electron chi connectivity index (χ0n) is 13.7. The van der Waals surface area contributed by atoms with E-state index in [4.69, 9.17) is 9.47 Å². The largest absolute Gasteiger partial charge is 0.497 e. The topological polar surface area (TPSA) is 107 Å². The molecule has 8 nitrogen and oxygen atoms in total. The van der Waals surface area contributed by atoms with Crippen LogP contribution in [0.15, 0.2) is 34.0 Å². The normalized spacial score (nSPS) is 11.0. The number of benzene rings is 1. The molecule has 1 aromatic heterocycles. The Bertz CT molecular complexity index is 902. The van der Waals surface area contributed by atoms with E-state index in [2.05, 4.69) is 31.2 Å². The van der Waals surface area contributed by atoms with Gasteiger partial charge in [0.1, 0.15) is 17.2 Å². The summed E-state index contributed by atoms with van der Waals surface area (Å²) in [5, 5.41) is 2.23. The van der Waals surface area contributed by atoms with Crippen LogP contribution in [0.5, 0.6) is 11.5 Å². The highest BCUT2D eigenvalue weighted by Crippen LogP contribution is 2.29. The molecular weight excluding hydrogens is 414 g/mol. The first kappa shape index (κ1) is 19.1. The number of nitrogens with one attached hydrogen (secondary N) is 1. The van der Waals surface area contributed by atoms with Gasteiger partial charge in [0.05, 0.1) is 30.1 Å². The van der Waals surface area contributed by atoms with Crippen LogP contribution in [0.4, 0.5) is 5.69 Å². The Labute approximate surface area is 153 Å². The second kappa shape index (κ2) is 7.79. The molecule has 0 spiro atoms. The van der Waals surface area contributed by atoms with Crippen LogP contribution in [0.25, 0.3) is 0 Å². The minimum atomic E-state index is -3.64. The summed E-state index contributed by atoms with van der Waals surface area (Å²) in [5.41, 5.74) is 0.254. The van der Waals surface area contributed by atoms with Gasteiger partial charge in [0.15, 0.2) is 0 Å². The molecule has 10 heteroatoms. The lowest BCUT2D eigenvalue weighted by Gasteiger charge is -2.12. The van der Waals surface area contributed by atoms with Gasteiger partial charge in [0.25, 0.3) is 5.91 Å². The van der Waals surface area contributed by atoms with Crippen LogP contribution in [0.1, 0.15) is 17.4 Å².